The molecule has 0 amide bonds. The number of hydrogen-bond acceptors (Lipinski definition) is 5. The van der Waals surface area contributed by atoms with Gasteiger partial charge in [-0.25, -0.2) is 0 Å². The fourth-order valence-electron chi connectivity index (χ4n) is 2.80. The zero-order valence-corrected chi connectivity index (χ0v) is 13.9. The van der Waals surface area contributed by atoms with Crippen molar-refractivity contribution in [1.82, 2.24) is 20.2 Å². The summed E-state index contributed by atoms with van der Waals surface area (Å²) >= 11 is 5.94. The molecule has 1 aliphatic heterocycles. The van der Waals surface area contributed by atoms with Gasteiger partial charge in [0.2, 0.25) is 5.95 Å². The number of allylic oxidation sites excluding steroid dienone is 1. The van der Waals surface area contributed by atoms with Gasteiger partial charge in [0.15, 0.2) is 0 Å². The van der Waals surface area contributed by atoms with E-state index in [1.54, 1.807) is 30.3 Å². The van der Waals surface area contributed by atoms with Crippen LogP contribution in [0.15, 0.2) is 54.6 Å². The summed E-state index contributed by atoms with van der Waals surface area (Å²) in [7, 11) is 0. The van der Waals surface area contributed by atoms with Crippen LogP contribution in [0, 0.1) is 0 Å². The summed E-state index contributed by atoms with van der Waals surface area (Å²) in [4.78, 5) is 0. The largest absolute Gasteiger partial charge is 0.434 e. The van der Waals surface area contributed by atoms with Crippen molar-refractivity contribution >= 4 is 23.2 Å². The molecule has 0 fully saturated rings. The number of ether oxygens (including phenoxy) is 1. The van der Waals surface area contributed by atoms with Crippen LogP contribution in [0.4, 0.5) is 14.7 Å². The molecule has 1 N–H and O–H groups in total. The predicted octanol–water partition coefficient (Wildman–Crippen LogP) is 3.98. The smallest absolute Gasteiger partial charge is 0.387 e. The number of tetrazole rings is 1. The molecule has 26 heavy (non-hydrogen) atoms. The Hall–Kier alpha value is -3.00. The van der Waals surface area contributed by atoms with Crippen LogP contribution in [-0.2, 0) is 0 Å². The zero-order valence-electron chi connectivity index (χ0n) is 13.2. The molecule has 1 atom stereocenters. The normalized spacial score (nSPS) is 16.0. The Kier molecular flexibility index (Phi) is 4.26. The molecule has 0 spiro atoms. The van der Waals surface area contributed by atoms with Crippen LogP contribution in [0.1, 0.15) is 17.2 Å². The van der Waals surface area contributed by atoms with E-state index >= 15 is 0 Å². The van der Waals surface area contributed by atoms with E-state index in [9.17, 15) is 8.78 Å². The third-order valence-corrected chi connectivity index (χ3v) is 4.19. The number of nitrogens with one attached hydrogen (secondary N) is 1. The third kappa shape index (κ3) is 3.11. The first kappa shape index (κ1) is 16.5. The highest BCUT2D eigenvalue weighted by Crippen LogP contribution is 2.36. The number of nitrogens with zero attached hydrogens (tertiary/aromatic N) is 4. The lowest BCUT2D eigenvalue weighted by Crippen LogP contribution is -2.21. The monoisotopic (exact) mass is 375 g/mol. The lowest BCUT2D eigenvalue weighted by Gasteiger charge is -2.24. The van der Waals surface area contributed by atoms with Crippen molar-refractivity contribution in [3.63, 3.8) is 0 Å². The van der Waals surface area contributed by atoms with Gasteiger partial charge in [-0.15, -0.1) is 0 Å². The molecular weight excluding hydrogens is 364 g/mol. The lowest BCUT2D eigenvalue weighted by atomic mass is 10.0. The van der Waals surface area contributed by atoms with Gasteiger partial charge < -0.3 is 10.1 Å². The fourth-order valence-corrected chi connectivity index (χ4v) is 2.93. The van der Waals surface area contributed by atoms with E-state index in [0.29, 0.717) is 16.5 Å². The van der Waals surface area contributed by atoms with E-state index in [-0.39, 0.29) is 5.75 Å². The Balaban J connectivity index is 1.81. The molecule has 2 aromatic carbocycles. The molecule has 1 aliphatic rings. The van der Waals surface area contributed by atoms with Crippen LogP contribution < -0.4 is 10.1 Å². The van der Waals surface area contributed by atoms with Crippen molar-refractivity contribution in [2.24, 2.45) is 0 Å². The molecule has 4 rings (SSSR count). The summed E-state index contributed by atoms with van der Waals surface area (Å²) in [6.45, 7) is -2.93. The molecule has 0 saturated carbocycles. The van der Waals surface area contributed by atoms with E-state index in [1.165, 1.54) is 10.7 Å². The van der Waals surface area contributed by atoms with Gasteiger partial charge in [0.1, 0.15) is 11.8 Å². The van der Waals surface area contributed by atoms with Gasteiger partial charge in [-0.3, -0.25) is 0 Å². The van der Waals surface area contributed by atoms with E-state index in [2.05, 4.69) is 25.6 Å². The predicted molar refractivity (Wildman–Crippen MR) is 92.1 cm³/mol. The van der Waals surface area contributed by atoms with E-state index in [1.807, 2.05) is 18.2 Å². The molecule has 0 aliphatic carbocycles. The molecule has 0 saturated heterocycles. The Morgan fingerprint density at radius 3 is 2.65 bits per heavy atom. The Labute approximate surface area is 152 Å². The minimum Gasteiger partial charge on any atom is -0.434 e. The number of para-hydroxylation sites is 1. The summed E-state index contributed by atoms with van der Waals surface area (Å²) < 4.78 is 31.7. The third-order valence-electron chi connectivity index (χ3n) is 3.94. The minimum atomic E-state index is -2.93. The summed E-state index contributed by atoms with van der Waals surface area (Å²) in [5.74, 6) is 0.469. The Morgan fingerprint density at radius 2 is 1.88 bits per heavy atom. The SMILES string of the molecule is FC(F)Oc1ccccc1[C@@H]1C=C(c2ccc(Cl)cc2)Nc2nnnn21. The van der Waals surface area contributed by atoms with Crippen molar-refractivity contribution in [3.8, 4) is 5.75 Å². The average molecular weight is 376 g/mol. The molecule has 6 nitrogen and oxygen atoms in total. The van der Waals surface area contributed by atoms with Gasteiger partial charge in [-0.2, -0.15) is 13.5 Å². The molecule has 0 bridgehead atoms. The second-order valence-corrected chi connectivity index (χ2v) is 5.96. The molecule has 2 heterocycles. The fraction of sp³-hybridized carbons (Fsp3) is 0.118. The van der Waals surface area contributed by atoms with E-state index < -0.39 is 12.7 Å². The van der Waals surface area contributed by atoms with Crippen LogP contribution >= 0.6 is 11.6 Å². The van der Waals surface area contributed by atoms with Gasteiger partial charge in [0.25, 0.3) is 0 Å². The quantitative estimate of drug-likeness (QED) is 0.747. The second kappa shape index (κ2) is 6.72. The number of hydrogen-bond donors (Lipinski definition) is 1. The number of anilines is 1. The average Bonchev–Trinajstić information content (AvgIpc) is 3.10. The van der Waals surface area contributed by atoms with Crippen molar-refractivity contribution in [1.29, 1.82) is 0 Å². The number of halogens is 3. The highest BCUT2D eigenvalue weighted by atomic mass is 35.5. The number of rotatable bonds is 4. The van der Waals surface area contributed by atoms with Gasteiger partial charge in [-0.1, -0.05) is 47.0 Å². The Morgan fingerprint density at radius 1 is 1.12 bits per heavy atom. The van der Waals surface area contributed by atoms with Crippen molar-refractivity contribution in [2.45, 2.75) is 12.7 Å². The standard InChI is InChI=1S/C17H12ClF2N5O/c18-11-7-5-10(6-8-11)13-9-14(25-17(21-13)22-23-24-25)12-3-1-2-4-15(12)26-16(19)20/h1-9,14,16H,(H,21,22,24)/t14-/m0/s1. The number of benzene rings is 2. The maximum absolute atomic E-state index is 12.8. The number of aromatic nitrogens is 4. The molecule has 3 aromatic rings. The minimum absolute atomic E-state index is 0.0718. The summed E-state index contributed by atoms with van der Waals surface area (Å²) in [5.41, 5.74) is 2.12. The Bertz CT molecular complexity index is 958. The number of fused-ring (bicyclic) bond motifs is 1. The molecule has 0 unspecified atom stereocenters. The summed E-state index contributed by atoms with van der Waals surface area (Å²) in [6, 6.07) is 13.3. The highest BCUT2D eigenvalue weighted by molar-refractivity contribution is 6.30. The van der Waals surface area contributed by atoms with Crippen LogP contribution in [0.5, 0.6) is 5.75 Å². The zero-order chi connectivity index (χ0) is 18.1. The summed E-state index contributed by atoms with van der Waals surface area (Å²) in [5, 5.41) is 15.3. The first-order valence-electron chi connectivity index (χ1n) is 7.68. The van der Waals surface area contributed by atoms with E-state index in [4.69, 9.17) is 11.6 Å². The molecule has 0 radical (unpaired) electrons. The van der Waals surface area contributed by atoms with E-state index in [0.717, 1.165) is 11.3 Å². The molecular formula is C17H12ClF2N5O. The van der Waals surface area contributed by atoms with Crippen LogP contribution in [0.3, 0.4) is 0 Å². The van der Waals surface area contributed by atoms with Gasteiger partial charge in [-0.05, 0) is 40.3 Å². The first-order chi connectivity index (χ1) is 12.6. The molecule has 1 aromatic heterocycles. The van der Waals surface area contributed by atoms with Crippen molar-refractivity contribution in [3.05, 3.63) is 70.8 Å². The van der Waals surface area contributed by atoms with Crippen molar-refractivity contribution < 1.29 is 13.5 Å². The maximum atomic E-state index is 12.8. The van der Waals surface area contributed by atoms with Crippen molar-refractivity contribution in [2.75, 3.05) is 5.32 Å². The first-order valence-corrected chi connectivity index (χ1v) is 8.06. The second-order valence-electron chi connectivity index (χ2n) is 5.52. The molecule has 9 heteroatoms. The maximum Gasteiger partial charge on any atom is 0.387 e. The number of alkyl halides is 2. The highest BCUT2D eigenvalue weighted by Gasteiger charge is 2.27. The topological polar surface area (TPSA) is 64.9 Å². The lowest BCUT2D eigenvalue weighted by molar-refractivity contribution is -0.0506. The van der Waals surface area contributed by atoms with Crippen LogP contribution in [0.2, 0.25) is 5.02 Å². The van der Waals surface area contributed by atoms with Gasteiger partial charge in [0.05, 0.1) is 0 Å². The summed E-state index contributed by atoms with van der Waals surface area (Å²) in [6.07, 6.45) is 1.85. The van der Waals surface area contributed by atoms with Crippen LogP contribution in [-0.4, -0.2) is 26.8 Å². The van der Waals surface area contributed by atoms with Gasteiger partial charge >= 0.3 is 6.61 Å². The van der Waals surface area contributed by atoms with Gasteiger partial charge in [0, 0.05) is 16.3 Å². The molecule has 132 valence electrons. The van der Waals surface area contributed by atoms with Crippen LogP contribution in [0.25, 0.3) is 5.70 Å².